The molecule has 10 N–H and O–H groups in total. The molecule has 0 unspecified atom stereocenters. The lowest BCUT2D eigenvalue weighted by Gasteiger charge is -2.23. The van der Waals surface area contributed by atoms with E-state index in [-0.39, 0.29) is 12.2 Å². The second kappa shape index (κ2) is 19.8. The predicted octanol–water partition coefficient (Wildman–Crippen LogP) is -2.92. The number of carbonyl (C=O) groups excluding carboxylic acids is 7. The second-order valence-corrected chi connectivity index (χ2v) is 11.6. The van der Waals surface area contributed by atoms with Gasteiger partial charge in [-0.2, -0.15) is 12.6 Å². The Kier molecular flexibility index (Phi) is 17.1. The summed E-state index contributed by atoms with van der Waals surface area (Å²) in [5.41, 5.74) is 6.25. The molecule has 1 aromatic rings. The third-order valence-electron chi connectivity index (χ3n) is 6.94. The minimum absolute atomic E-state index is 0.0316. The minimum atomic E-state index is -1.25. The van der Waals surface area contributed by atoms with Crippen molar-refractivity contribution in [2.24, 2.45) is 5.73 Å². The number of nitrogens with one attached hydrogen (secondary N) is 7. The van der Waals surface area contributed by atoms with E-state index in [0.717, 1.165) is 0 Å². The van der Waals surface area contributed by atoms with Crippen molar-refractivity contribution in [1.29, 1.82) is 0 Å². The van der Waals surface area contributed by atoms with Crippen molar-refractivity contribution in [3.8, 4) is 0 Å². The SMILES string of the molecule is C[C@H](NC(=O)[C@H](C)NC(=O)[C@H](C)NC(=O)[C@H](C)NC(=O)[C@@H](N)CS)C(=O)N[C@@H](C)C(=O)N[C@@H](C)C(=O)N[C@@H](Cc1ccccc1)C(=O)O. The van der Waals surface area contributed by atoms with Gasteiger partial charge in [0.1, 0.15) is 42.3 Å². The van der Waals surface area contributed by atoms with Crippen LogP contribution in [0.5, 0.6) is 0 Å². The zero-order chi connectivity index (χ0) is 36.7. The average molecular weight is 695 g/mol. The summed E-state index contributed by atoms with van der Waals surface area (Å²) in [6.07, 6.45) is 0.0316. The fourth-order valence-electron chi connectivity index (χ4n) is 3.84. The Labute approximate surface area is 284 Å². The van der Waals surface area contributed by atoms with Crippen molar-refractivity contribution in [1.82, 2.24) is 37.2 Å². The molecule has 0 bridgehead atoms. The van der Waals surface area contributed by atoms with Crippen molar-refractivity contribution in [2.45, 2.75) is 96.3 Å². The maximum absolute atomic E-state index is 12.7. The molecule has 0 heterocycles. The Morgan fingerprint density at radius 3 is 1.15 bits per heavy atom. The summed E-state index contributed by atoms with van der Waals surface area (Å²) < 4.78 is 0. The number of rotatable bonds is 18. The van der Waals surface area contributed by atoms with Crippen LogP contribution in [-0.4, -0.2) is 107 Å². The third-order valence-corrected chi connectivity index (χ3v) is 7.34. The summed E-state index contributed by atoms with van der Waals surface area (Å²) in [4.78, 5) is 98.9. The second-order valence-electron chi connectivity index (χ2n) is 11.3. The molecular weight excluding hydrogens is 648 g/mol. The first-order valence-electron chi connectivity index (χ1n) is 15.1. The van der Waals surface area contributed by atoms with E-state index in [4.69, 9.17) is 5.73 Å². The summed E-state index contributed by atoms with van der Waals surface area (Å²) in [6.45, 7) is 8.17. The molecule has 0 saturated heterocycles. The lowest BCUT2D eigenvalue weighted by atomic mass is 10.1. The topological polar surface area (TPSA) is 267 Å². The van der Waals surface area contributed by atoms with Gasteiger partial charge in [0.15, 0.2) is 0 Å². The van der Waals surface area contributed by atoms with E-state index in [1.54, 1.807) is 30.3 Å². The molecule has 0 aliphatic carbocycles. The normalized spacial score (nSPS) is 15.8. The highest BCUT2D eigenvalue weighted by atomic mass is 32.1. The number of hydrogen-bond donors (Lipinski definition) is 10. The van der Waals surface area contributed by atoms with Gasteiger partial charge in [0, 0.05) is 12.2 Å². The molecule has 0 spiro atoms. The zero-order valence-corrected chi connectivity index (χ0v) is 28.6. The van der Waals surface area contributed by atoms with Crippen LogP contribution < -0.4 is 43.0 Å². The van der Waals surface area contributed by atoms with Crippen molar-refractivity contribution < 1.29 is 43.5 Å². The van der Waals surface area contributed by atoms with Gasteiger partial charge in [-0.15, -0.1) is 0 Å². The van der Waals surface area contributed by atoms with Gasteiger partial charge in [0.25, 0.3) is 0 Å². The van der Waals surface area contributed by atoms with Gasteiger partial charge >= 0.3 is 5.97 Å². The van der Waals surface area contributed by atoms with Gasteiger partial charge in [-0.1, -0.05) is 30.3 Å². The largest absolute Gasteiger partial charge is 0.480 e. The fraction of sp³-hybridized carbons (Fsp3) is 0.533. The van der Waals surface area contributed by atoms with Gasteiger partial charge in [-0.25, -0.2) is 4.79 Å². The quantitative estimate of drug-likeness (QED) is 0.0700. The maximum Gasteiger partial charge on any atom is 0.326 e. The Bertz CT molecular complexity index is 1330. The van der Waals surface area contributed by atoms with Crippen molar-refractivity contribution in [3.05, 3.63) is 35.9 Å². The molecule has 0 aromatic heterocycles. The van der Waals surface area contributed by atoms with E-state index in [9.17, 15) is 43.5 Å². The molecule has 1 aromatic carbocycles. The predicted molar refractivity (Wildman–Crippen MR) is 177 cm³/mol. The number of carboxylic acid groups (broad SMARTS) is 1. The molecule has 17 nitrogen and oxygen atoms in total. The van der Waals surface area contributed by atoms with Crippen LogP contribution in [0.3, 0.4) is 0 Å². The lowest BCUT2D eigenvalue weighted by molar-refractivity contribution is -0.142. The monoisotopic (exact) mass is 694 g/mol. The van der Waals surface area contributed by atoms with Crippen LogP contribution in [0, 0.1) is 0 Å². The first-order chi connectivity index (χ1) is 22.4. The van der Waals surface area contributed by atoms with E-state index < -0.39 is 95.7 Å². The number of amides is 7. The molecule has 0 fully saturated rings. The number of carbonyl (C=O) groups is 8. The molecule has 0 aliphatic rings. The third kappa shape index (κ3) is 14.0. The van der Waals surface area contributed by atoms with Crippen LogP contribution >= 0.6 is 12.6 Å². The van der Waals surface area contributed by atoms with E-state index >= 15 is 0 Å². The van der Waals surface area contributed by atoms with Gasteiger partial charge in [0.2, 0.25) is 41.4 Å². The summed E-state index contributed by atoms with van der Waals surface area (Å²) in [6, 6.07) is -0.116. The maximum atomic E-state index is 12.7. The molecule has 0 radical (unpaired) electrons. The molecule has 8 atom stereocenters. The number of carboxylic acids is 1. The first kappa shape index (κ1) is 41.3. The lowest BCUT2D eigenvalue weighted by Crippen LogP contribution is -2.58. The summed E-state index contributed by atoms with van der Waals surface area (Å²) >= 11 is 3.92. The van der Waals surface area contributed by atoms with E-state index in [1.807, 2.05) is 0 Å². The Balaban J connectivity index is 2.57. The van der Waals surface area contributed by atoms with Crippen LogP contribution in [0.1, 0.15) is 47.1 Å². The molecule has 0 saturated carbocycles. The fourth-order valence-corrected chi connectivity index (χ4v) is 4.00. The summed E-state index contributed by atoms with van der Waals surface area (Å²) in [5.74, 6) is -6.12. The molecule has 0 aliphatic heterocycles. The van der Waals surface area contributed by atoms with Crippen LogP contribution in [0.2, 0.25) is 0 Å². The molecule has 48 heavy (non-hydrogen) atoms. The minimum Gasteiger partial charge on any atom is -0.480 e. The van der Waals surface area contributed by atoms with Crippen LogP contribution in [0.4, 0.5) is 0 Å². The van der Waals surface area contributed by atoms with Gasteiger partial charge in [-0.3, -0.25) is 33.6 Å². The highest BCUT2D eigenvalue weighted by molar-refractivity contribution is 7.80. The van der Waals surface area contributed by atoms with Crippen molar-refractivity contribution in [3.63, 3.8) is 0 Å². The Hall–Kier alpha value is -4.71. The van der Waals surface area contributed by atoms with Crippen LogP contribution in [-0.2, 0) is 44.8 Å². The molecule has 18 heteroatoms. The van der Waals surface area contributed by atoms with Crippen molar-refractivity contribution >= 4 is 59.9 Å². The first-order valence-corrected chi connectivity index (χ1v) is 15.8. The highest BCUT2D eigenvalue weighted by Crippen LogP contribution is 2.04. The standard InChI is InChI=1S/C30H46N8O9S/c1-14(33-25(41)16(3)35-27(43)18(5)37-29(45)21(31)13-48)23(39)32-15(2)24(40)34-17(4)26(42)36-19(6)28(44)38-22(30(46)47)12-20-10-8-7-9-11-20/h7-11,14-19,21-22,48H,12-13,31H2,1-6H3,(H,32,39)(H,33,41)(H,34,40)(H,35,43)(H,36,42)(H,37,45)(H,38,44)(H,46,47)/t14-,15-,16-,17-,18-,19-,21-,22-/m0/s1. The van der Waals surface area contributed by atoms with Gasteiger partial charge < -0.3 is 48.1 Å². The van der Waals surface area contributed by atoms with E-state index in [2.05, 4.69) is 49.8 Å². The van der Waals surface area contributed by atoms with Crippen LogP contribution in [0.15, 0.2) is 30.3 Å². The number of benzene rings is 1. The molecule has 1 rings (SSSR count). The molecule has 266 valence electrons. The summed E-state index contributed by atoms with van der Waals surface area (Å²) in [7, 11) is 0. The highest BCUT2D eigenvalue weighted by Gasteiger charge is 2.29. The van der Waals surface area contributed by atoms with Crippen molar-refractivity contribution in [2.75, 3.05) is 5.75 Å². The number of thiol groups is 1. The smallest absolute Gasteiger partial charge is 0.326 e. The Morgan fingerprint density at radius 1 is 0.562 bits per heavy atom. The van der Waals surface area contributed by atoms with Gasteiger partial charge in [-0.05, 0) is 47.1 Å². The zero-order valence-electron chi connectivity index (χ0n) is 27.7. The van der Waals surface area contributed by atoms with E-state index in [1.165, 1.54) is 41.5 Å². The Morgan fingerprint density at radius 2 is 0.854 bits per heavy atom. The van der Waals surface area contributed by atoms with E-state index in [0.29, 0.717) is 5.56 Å². The van der Waals surface area contributed by atoms with Crippen LogP contribution in [0.25, 0.3) is 0 Å². The number of nitrogens with two attached hydrogens (primary N) is 1. The number of hydrogen-bond acceptors (Lipinski definition) is 10. The van der Waals surface area contributed by atoms with Gasteiger partial charge in [0.05, 0.1) is 6.04 Å². The average Bonchev–Trinajstić information content (AvgIpc) is 3.03. The molecular formula is C30H46N8O9S. The number of aliphatic carboxylic acids is 1. The summed E-state index contributed by atoms with van der Waals surface area (Å²) in [5, 5.41) is 26.3. The molecule has 7 amide bonds.